The molecule has 9 heteroatoms. The fourth-order valence-corrected chi connectivity index (χ4v) is 3.10. The maximum atomic E-state index is 11.0. The molecular formula is C15H24AsNO7. The Morgan fingerprint density at radius 1 is 1.25 bits per heavy atom. The summed E-state index contributed by atoms with van der Waals surface area (Å²) in [6.07, 6.45) is 3.81. The second-order valence-corrected chi connectivity index (χ2v) is 8.23. The molecule has 0 bridgehead atoms. The molecule has 1 aromatic carbocycles. The van der Waals surface area contributed by atoms with Crippen LogP contribution in [0, 0.1) is 0 Å². The van der Waals surface area contributed by atoms with E-state index in [4.69, 9.17) is 8.19 Å². The summed E-state index contributed by atoms with van der Waals surface area (Å²) in [7, 11) is 1.42. The number of methoxy groups -OCH3 is 1. The zero-order valence-electron chi connectivity index (χ0n) is 14.0. The van der Waals surface area contributed by atoms with Gasteiger partial charge in [0, 0.05) is 6.42 Å². The first-order valence-corrected chi connectivity index (χ1v) is 10.7. The van der Waals surface area contributed by atoms with Crippen molar-refractivity contribution < 1.29 is 31.4 Å². The molecule has 1 aromatic rings. The van der Waals surface area contributed by atoms with Gasteiger partial charge in [-0.05, 0) is 6.42 Å². The Bertz CT molecular complexity index is 597. The van der Waals surface area contributed by atoms with Crippen molar-refractivity contribution in [2.45, 2.75) is 39.5 Å². The van der Waals surface area contributed by atoms with Gasteiger partial charge in [-0.2, -0.15) is 0 Å². The summed E-state index contributed by atoms with van der Waals surface area (Å²) < 4.78 is 32.8. The van der Waals surface area contributed by atoms with Gasteiger partial charge >= 0.3 is 94.1 Å². The number of amides is 1. The second-order valence-electron chi connectivity index (χ2n) is 4.93. The van der Waals surface area contributed by atoms with Crippen molar-refractivity contribution in [2.75, 3.05) is 12.4 Å². The average Bonchev–Trinajstić information content (AvgIpc) is 2.48. The van der Waals surface area contributed by atoms with Gasteiger partial charge in [0.2, 0.25) is 0 Å². The SMILES string of the molecule is CC(=O)Nc1cccc([As](=O)(O)O)c1O.CCCCCC(=O)OC. The number of ether oxygens (including phenoxy) is 1. The number of rotatable bonds is 6. The van der Waals surface area contributed by atoms with Crippen molar-refractivity contribution >= 4 is 36.1 Å². The molecule has 136 valence electrons. The predicted octanol–water partition coefficient (Wildman–Crippen LogP) is 0.651. The third-order valence-corrected chi connectivity index (χ3v) is 4.93. The van der Waals surface area contributed by atoms with Crippen LogP contribution in [0.5, 0.6) is 5.75 Å². The van der Waals surface area contributed by atoms with Gasteiger partial charge in [0.25, 0.3) is 0 Å². The number of benzene rings is 1. The molecule has 24 heavy (non-hydrogen) atoms. The first kappa shape index (κ1) is 22.2. The summed E-state index contributed by atoms with van der Waals surface area (Å²) >= 11 is -5.15. The fraction of sp³-hybridized carbons (Fsp3) is 0.467. The molecule has 1 rings (SSSR count). The monoisotopic (exact) mass is 405 g/mol. The van der Waals surface area contributed by atoms with Gasteiger partial charge in [0.05, 0.1) is 7.11 Å². The molecule has 8 nitrogen and oxygen atoms in total. The quantitative estimate of drug-likeness (QED) is 0.236. The number of aromatic hydroxyl groups is 1. The van der Waals surface area contributed by atoms with E-state index in [-0.39, 0.29) is 11.7 Å². The molecule has 0 aromatic heterocycles. The van der Waals surface area contributed by atoms with Gasteiger partial charge in [-0.3, -0.25) is 4.79 Å². The van der Waals surface area contributed by atoms with Gasteiger partial charge in [0.1, 0.15) is 0 Å². The van der Waals surface area contributed by atoms with Crippen LogP contribution in [0.15, 0.2) is 18.2 Å². The number of carbonyl (C=O) groups excluding carboxylic acids is 2. The van der Waals surface area contributed by atoms with E-state index >= 15 is 0 Å². The van der Waals surface area contributed by atoms with E-state index in [2.05, 4.69) is 17.0 Å². The van der Waals surface area contributed by atoms with E-state index in [1.807, 2.05) is 0 Å². The molecule has 0 spiro atoms. The first-order valence-electron chi connectivity index (χ1n) is 7.36. The Morgan fingerprint density at radius 3 is 2.33 bits per heavy atom. The second kappa shape index (κ2) is 10.9. The molecule has 0 radical (unpaired) electrons. The maximum absolute atomic E-state index is 11.0. The summed E-state index contributed by atoms with van der Waals surface area (Å²) in [5.74, 6) is -1.11. The van der Waals surface area contributed by atoms with Crippen LogP contribution in [0.25, 0.3) is 0 Å². The molecule has 0 saturated carbocycles. The number of nitrogens with one attached hydrogen (secondary N) is 1. The van der Waals surface area contributed by atoms with Gasteiger partial charge in [-0.1, -0.05) is 19.8 Å². The number of phenolic OH excluding ortho intramolecular Hbond substituents is 1. The normalized spacial score (nSPS) is 10.4. The van der Waals surface area contributed by atoms with Gasteiger partial charge in [-0.25, -0.2) is 0 Å². The van der Waals surface area contributed by atoms with E-state index in [0.717, 1.165) is 25.3 Å². The van der Waals surface area contributed by atoms with Crippen LogP contribution in [0.3, 0.4) is 0 Å². The summed E-state index contributed by atoms with van der Waals surface area (Å²) in [5, 5.41) is 11.7. The van der Waals surface area contributed by atoms with Crippen molar-refractivity contribution in [3.8, 4) is 5.75 Å². The fourth-order valence-electron chi connectivity index (χ4n) is 1.68. The summed E-state index contributed by atoms with van der Waals surface area (Å²) in [4.78, 5) is 21.2. The largest absolute Gasteiger partial charge is 0.469 e. The molecule has 0 fully saturated rings. The third-order valence-electron chi connectivity index (χ3n) is 2.85. The van der Waals surface area contributed by atoms with Crippen molar-refractivity contribution in [1.29, 1.82) is 0 Å². The summed E-state index contributed by atoms with van der Waals surface area (Å²) in [6.45, 7) is 3.34. The van der Waals surface area contributed by atoms with Gasteiger partial charge < -0.3 is 4.74 Å². The minimum absolute atomic E-state index is 0.00951. The first-order chi connectivity index (χ1) is 11.1. The molecular weight excluding hydrogens is 381 g/mol. The zero-order chi connectivity index (χ0) is 18.8. The molecule has 0 saturated heterocycles. The topological polar surface area (TPSA) is 133 Å². The van der Waals surface area contributed by atoms with E-state index in [1.54, 1.807) is 0 Å². The van der Waals surface area contributed by atoms with E-state index in [0.29, 0.717) is 6.42 Å². The third kappa shape index (κ3) is 8.76. The Hall–Kier alpha value is -1.76. The van der Waals surface area contributed by atoms with Crippen LogP contribution in [-0.2, 0) is 18.1 Å². The number of esters is 1. The smallest absolute Gasteiger partial charge is 0.305 e. The number of unbranched alkanes of at least 4 members (excludes halogenated alkanes) is 2. The van der Waals surface area contributed by atoms with Crippen LogP contribution in [0.4, 0.5) is 5.69 Å². The van der Waals surface area contributed by atoms with Crippen molar-refractivity contribution in [2.24, 2.45) is 0 Å². The predicted molar refractivity (Wildman–Crippen MR) is 89.1 cm³/mol. The molecule has 0 heterocycles. The van der Waals surface area contributed by atoms with E-state index in [9.17, 15) is 18.4 Å². The average molecular weight is 405 g/mol. The Balaban J connectivity index is 0.000000506. The molecule has 0 unspecified atom stereocenters. The van der Waals surface area contributed by atoms with Crippen LogP contribution >= 0.6 is 0 Å². The van der Waals surface area contributed by atoms with Crippen LogP contribution < -0.4 is 9.67 Å². The molecule has 4 N–H and O–H groups in total. The van der Waals surface area contributed by atoms with Crippen LogP contribution in [0.1, 0.15) is 39.5 Å². The maximum Gasteiger partial charge on any atom is 0.305 e. The van der Waals surface area contributed by atoms with Gasteiger partial charge in [0.15, 0.2) is 0 Å². The summed E-state index contributed by atoms with van der Waals surface area (Å²) in [5.41, 5.74) is -0.00951. The molecule has 0 aliphatic rings. The number of para-hydroxylation sites is 1. The number of hydrogen-bond acceptors (Lipinski definition) is 5. The number of anilines is 1. The van der Waals surface area contributed by atoms with E-state index < -0.39 is 30.2 Å². The zero-order valence-corrected chi connectivity index (χ0v) is 15.9. The Labute approximate surface area is 143 Å². The van der Waals surface area contributed by atoms with Crippen molar-refractivity contribution in [3.05, 3.63) is 18.2 Å². The number of phenols is 1. The Morgan fingerprint density at radius 2 is 1.88 bits per heavy atom. The molecule has 1 amide bonds. The minimum atomic E-state index is -5.15. The molecule has 0 atom stereocenters. The van der Waals surface area contributed by atoms with Crippen molar-refractivity contribution in [3.63, 3.8) is 0 Å². The van der Waals surface area contributed by atoms with Crippen LogP contribution in [0.2, 0.25) is 0 Å². The minimum Gasteiger partial charge on any atom is -0.469 e. The van der Waals surface area contributed by atoms with Gasteiger partial charge in [-0.15, -0.1) is 0 Å². The Kier molecular flexibility index (Phi) is 10.1. The standard InChI is InChI=1S/C8H10AsNO5.C7H14O2/c1-5(11)10-7-4-2-3-6(8(7)12)9(13,14)15;1-3-4-5-6-7(8)9-2/h2-4,12H,1H3,(H,10,11)(H2,13,14,15);3-6H2,1-2H3. The van der Waals surface area contributed by atoms with E-state index in [1.165, 1.54) is 26.2 Å². The summed E-state index contributed by atoms with van der Waals surface area (Å²) in [6, 6.07) is 3.83. The molecule has 0 aliphatic heterocycles. The van der Waals surface area contributed by atoms with Crippen LogP contribution in [-0.4, -0.2) is 46.5 Å². The molecule has 0 aliphatic carbocycles. The van der Waals surface area contributed by atoms with Crippen molar-refractivity contribution in [1.82, 2.24) is 0 Å². The number of hydrogen-bond donors (Lipinski definition) is 4. The number of carbonyl (C=O) groups is 2.